The number of rotatable bonds is 2. The molecule has 2 rings (SSSR count). The third-order valence-electron chi connectivity index (χ3n) is 2.67. The average Bonchev–Trinajstić information content (AvgIpc) is 2.23. The van der Waals surface area contributed by atoms with E-state index in [2.05, 4.69) is 25.1 Å². The fourth-order valence-corrected chi connectivity index (χ4v) is 2.24. The average molecular weight is 211 g/mol. The summed E-state index contributed by atoms with van der Waals surface area (Å²) in [5, 5.41) is 0.0271. The lowest BCUT2D eigenvalue weighted by molar-refractivity contribution is 0.0336. The minimum absolute atomic E-state index is 0.0271. The molecule has 1 aliphatic heterocycles. The van der Waals surface area contributed by atoms with E-state index in [4.69, 9.17) is 16.3 Å². The van der Waals surface area contributed by atoms with Crippen LogP contribution in [0, 0.1) is 0 Å². The van der Waals surface area contributed by atoms with Gasteiger partial charge in [-0.05, 0) is 17.5 Å². The lowest BCUT2D eigenvalue weighted by atomic mass is 9.95. The second-order valence-electron chi connectivity index (χ2n) is 3.71. The first-order chi connectivity index (χ1) is 6.83. The maximum absolute atomic E-state index is 6.19. The van der Waals surface area contributed by atoms with E-state index in [9.17, 15) is 0 Å². The molecule has 1 aromatic carbocycles. The summed E-state index contributed by atoms with van der Waals surface area (Å²) in [5.41, 5.74) is 2.53. The van der Waals surface area contributed by atoms with Crippen molar-refractivity contribution >= 4 is 11.6 Å². The standard InChI is InChI=1S/C12H15ClO/c1-2-5-12-10-7-4-3-6-9(10)11(13)8-14-12/h3-4,6-7,11-12H,2,5,8H2,1H3. The van der Waals surface area contributed by atoms with Crippen molar-refractivity contribution < 1.29 is 4.74 Å². The van der Waals surface area contributed by atoms with Crippen LogP contribution in [-0.4, -0.2) is 6.61 Å². The van der Waals surface area contributed by atoms with Crippen LogP contribution in [0.15, 0.2) is 24.3 Å². The van der Waals surface area contributed by atoms with Crippen molar-refractivity contribution in [3.63, 3.8) is 0 Å². The molecule has 0 N–H and O–H groups in total. The third kappa shape index (κ3) is 1.79. The molecule has 1 heterocycles. The predicted octanol–water partition coefficient (Wildman–Crippen LogP) is 3.84. The molecule has 14 heavy (non-hydrogen) atoms. The minimum atomic E-state index is 0.0271. The Bertz CT molecular complexity index is 311. The highest BCUT2D eigenvalue weighted by atomic mass is 35.5. The van der Waals surface area contributed by atoms with Crippen molar-refractivity contribution in [2.75, 3.05) is 6.61 Å². The Balaban J connectivity index is 2.31. The summed E-state index contributed by atoms with van der Waals surface area (Å²) in [6.45, 7) is 2.82. The highest BCUT2D eigenvalue weighted by molar-refractivity contribution is 6.21. The van der Waals surface area contributed by atoms with E-state index in [1.54, 1.807) is 0 Å². The van der Waals surface area contributed by atoms with Gasteiger partial charge in [0.15, 0.2) is 0 Å². The zero-order chi connectivity index (χ0) is 9.97. The van der Waals surface area contributed by atoms with Crippen LogP contribution in [0.1, 0.15) is 42.4 Å². The van der Waals surface area contributed by atoms with Gasteiger partial charge in [-0.2, -0.15) is 0 Å². The third-order valence-corrected chi connectivity index (χ3v) is 3.04. The smallest absolute Gasteiger partial charge is 0.0828 e. The number of hydrogen-bond acceptors (Lipinski definition) is 1. The fraction of sp³-hybridized carbons (Fsp3) is 0.500. The van der Waals surface area contributed by atoms with E-state index in [0.717, 1.165) is 12.8 Å². The number of fused-ring (bicyclic) bond motifs is 1. The second-order valence-corrected chi connectivity index (χ2v) is 4.23. The van der Waals surface area contributed by atoms with Crippen LogP contribution in [0.25, 0.3) is 0 Å². The largest absolute Gasteiger partial charge is 0.372 e. The zero-order valence-corrected chi connectivity index (χ0v) is 9.13. The molecule has 0 spiro atoms. The van der Waals surface area contributed by atoms with Crippen molar-refractivity contribution in [1.82, 2.24) is 0 Å². The number of benzene rings is 1. The van der Waals surface area contributed by atoms with E-state index in [1.165, 1.54) is 11.1 Å². The molecule has 1 nitrogen and oxygen atoms in total. The number of ether oxygens (including phenoxy) is 1. The summed E-state index contributed by atoms with van der Waals surface area (Å²) in [6.07, 6.45) is 2.48. The van der Waals surface area contributed by atoms with Gasteiger partial charge in [-0.3, -0.25) is 0 Å². The summed E-state index contributed by atoms with van der Waals surface area (Å²) in [7, 11) is 0. The van der Waals surface area contributed by atoms with E-state index in [1.807, 2.05) is 6.07 Å². The van der Waals surface area contributed by atoms with Crippen LogP contribution in [0.3, 0.4) is 0 Å². The molecule has 0 saturated carbocycles. The summed E-state index contributed by atoms with van der Waals surface area (Å²) in [5.74, 6) is 0. The van der Waals surface area contributed by atoms with Crippen LogP contribution < -0.4 is 0 Å². The topological polar surface area (TPSA) is 9.23 Å². The van der Waals surface area contributed by atoms with E-state index < -0.39 is 0 Å². The summed E-state index contributed by atoms with van der Waals surface area (Å²) in [6, 6.07) is 8.34. The van der Waals surface area contributed by atoms with Gasteiger partial charge in [-0.25, -0.2) is 0 Å². The quantitative estimate of drug-likeness (QED) is 0.674. The second kappa shape index (κ2) is 4.33. The molecule has 0 aliphatic carbocycles. The van der Waals surface area contributed by atoms with Crippen LogP contribution in [0.4, 0.5) is 0 Å². The van der Waals surface area contributed by atoms with Crippen molar-refractivity contribution in [3.8, 4) is 0 Å². The molecular formula is C12H15ClO. The lowest BCUT2D eigenvalue weighted by Gasteiger charge is -2.28. The van der Waals surface area contributed by atoms with E-state index in [-0.39, 0.29) is 11.5 Å². The Morgan fingerprint density at radius 2 is 2.07 bits per heavy atom. The zero-order valence-electron chi connectivity index (χ0n) is 8.37. The molecule has 0 aromatic heterocycles. The monoisotopic (exact) mass is 210 g/mol. The molecule has 0 saturated heterocycles. The fourth-order valence-electron chi connectivity index (χ4n) is 1.97. The van der Waals surface area contributed by atoms with Crippen LogP contribution >= 0.6 is 11.6 Å². The van der Waals surface area contributed by atoms with Gasteiger partial charge in [0.2, 0.25) is 0 Å². The molecule has 0 amide bonds. The number of hydrogen-bond donors (Lipinski definition) is 0. The first-order valence-electron chi connectivity index (χ1n) is 5.17. The van der Waals surface area contributed by atoms with Gasteiger partial charge in [0, 0.05) is 0 Å². The molecule has 2 unspecified atom stereocenters. The van der Waals surface area contributed by atoms with Gasteiger partial charge in [0.1, 0.15) is 0 Å². The molecule has 1 aromatic rings. The molecule has 2 heteroatoms. The molecule has 1 aliphatic rings. The summed E-state index contributed by atoms with van der Waals surface area (Å²) < 4.78 is 5.73. The van der Waals surface area contributed by atoms with Crippen molar-refractivity contribution in [2.45, 2.75) is 31.2 Å². The SMILES string of the molecule is CCCC1OCC(Cl)c2ccccc21. The van der Waals surface area contributed by atoms with Gasteiger partial charge in [-0.1, -0.05) is 37.6 Å². The first kappa shape index (κ1) is 10.0. The first-order valence-corrected chi connectivity index (χ1v) is 5.61. The normalized spacial score (nSPS) is 25.9. The maximum Gasteiger partial charge on any atom is 0.0828 e. The Morgan fingerprint density at radius 3 is 2.79 bits per heavy atom. The Hall–Kier alpha value is -0.530. The van der Waals surface area contributed by atoms with Gasteiger partial charge < -0.3 is 4.74 Å². The molecule has 0 fully saturated rings. The van der Waals surface area contributed by atoms with Gasteiger partial charge in [0.25, 0.3) is 0 Å². The van der Waals surface area contributed by atoms with E-state index >= 15 is 0 Å². The summed E-state index contributed by atoms with van der Waals surface area (Å²) in [4.78, 5) is 0. The number of halogens is 1. The van der Waals surface area contributed by atoms with Crippen molar-refractivity contribution in [3.05, 3.63) is 35.4 Å². The number of alkyl halides is 1. The van der Waals surface area contributed by atoms with Crippen molar-refractivity contribution in [1.29, 1.82) is 0 Å². The Labute approximate surface area is 90.0 Å². The van der Waals surface area contributed by atoms with Gasteiger partial charge in [0.05, 0.1) is 18.1 Å². The maximum atomic E-state index is 6.19. The summed E-state index contributed by atoms with van der Waals surface area (Å²) >= 11 is 6.19. The van der Waals surface area contributed by atoms with Crippen LogP contribution in [-0.2, 0) is 4.74 Å². The van der Waals surface area contributed by atoms with Crippen molar-refractivity contribution in [2.24, 2.45) is 0 Å². The van der Waals surface area contributed by atoms with Crippen LogP contribution in [0.2, 0.25) is 0 Å². The molecule has 76 valence electrons. The predicted molar refractivity (Wildman–Crippen MR) is 58.6 cm³/mol. The lowest BCUT2D eigenvalue weighted by Crippen LogP contribution is -2.18. The molecule has 0 bridgehead atoms. The highest BCUT2D eigenvalue weighted by Crippen LogP contribution is 2.37. The molecule has 2 atom stereocenters. The minimum Gasteiger partial charge on any atom is -0.372 e. The molecule has 0 radical (unpaired) electrons. The Morgan fingerprint density at radius 1 is 1.36 bits per heavy atom. The van der Waals surface area contributed by atoms with Gasteiger partial charge >= 0.3 is 0 Å². The van der Waals surface area contributed by atoms with Gasteiger partial charge in [-0.15, -0.1) is 11.6 Å². The van der Waals surface area contributed by atoms with E-state index in [0.29, 0.717) is 6.61 Å². The molecular weight excluding hydrogens is 196 g/mol. The Kier molecular flexibility index (Phi) is 3.09. The van der Waals surface area contributed by atoms with Crippen LogP contribution in [0.5, 0.6) is 0 Å². The highest BCUT2D eigenvalue weighted by Gasteiger charge is 2.25.